The van der Waals surface area contributed by atoms with E-state index in [1.165, 1.54) is 11.1 Å². The van der Waals surface area contributed by atoms with E-state index in [1.54, 1.807) is 7.11 Å². The van der Waals surface area contributed by atoms with Gasteiger partial charge in [0.05, 0.1) is 11.6 Å². The first kappa shape index (κ1) is 23.7. The number of benzene rings is 3. The van der Waals surface area contributed by atoms with Gasteiger partial charge in [-0.2, -0.15) is 0 Å². The van der Waals surface area contributed by atoms with Crippen LogP contribution in [0.1, 0.15) is 22.3 Å². The van der Waals surface area contributed by atoms with Crippen molar-refractivity contribution >= 4 is 33.1 Å². The normalized spacial score (nSPS) is 14.2. The van der Waals surface area contributed by atoms with Crippen molar-refractivity contribution in [3.8, 4) is 11.5 Å². The first-order valence-electron chi connectivity index (χ1n) is 11.1. The van der Waals surface area contributed by atoms with Crippen LogP contribution in [0.15, 0.2) is 71.2 Å². The van der Waals surface area contributed by atoms with Gasteiger partial charge < -0.3 is 14.4 Å². The molecule has 0 unspecified atom stereocenters. The summed E-state index contributed by atoms with van der Waals surface area (Å²) in [5, 5.41) is 0. The fraction of sp³-hybridized carbons (Fsp3) is 0.296. The molecule has 0 spiro atoms. The SMILES string of the molecule is COc1cc(C(=S)N2CCN(Cc3ccccc3)CC2)cc(Br)c1OCc1ccc(C)cc1. The van der Waals surface area contributed by atoms with Crippen LogP contribution in [0.3, 0.4) is 0 Å². The number of methoxy groups -OCH3 is 1. The highest BCUT2D eigenvalue weighted by Crippen LogP contribution is 2.37. The van der Waals surface area contributed by atoms with Gasteiger partial charge in [-0.3, -0.25) is 4.90 Å². The van der Waals surface area contributed by atoms with E-state index in [1.807, 2.05) is 12.1 Å². The summed E-state index contributed by atoms with van der Waals surface area (Å²) in [5.41, 5.74) is 4.66. The molecule has 0 aromatic heterocycles. The second-order valence-electron chi connectivity index (χ2n) is 8.32. The van der Waals surface area contributed by atoms with Gasteiger partial charge in [0.1, 0.15) is 11.6 Å². The Morgan fingerprint density at radius 3 is 2.30 bits per heavy atom. The summed E-state index contributed by atoms with van der Waals surface area (Å²) < 4.78 is 12.6. The van der Waals surface area contributed by atoms with E-state index in [0.29, 0.717) is 18.1 Å². The number of piperazine rings is 1. The molecule has 1 heterocycles. The minimum atomic E-state index is 0.475. The molecule has 4 rings (SSSR count). The molecule has 1 aliphatic rings. The fourth-order valence-corrected chi connectivity index (χ4v) is 4.81. The molecular formula is C27H29BrN2O2S. The number of rotatable bonds is 7. The van der Waals surface area contributed by atoms with Gasteiger partial charge in [0.25, 0.3) is 0 Å². The number of ether oxygens (including phenoxy) is 2. The largest absolute Gasteiger partial charge is 0.493 e. The molecule has 0 atom stereocenters. The van der Waals surface area contributed by atoms with Crippen molar-refractivity contribution in [3.63, 3.8) is 0 Å². The standard InChI is InChI=1S/C27H29BrN2O2S/c1-20-8-10-22(11-9-20)19-32-26-24(28)16-23(17-25(26)31-2)27(33)30-14-12-29(13-15-30)18-21-6-4-3-5-7-21/h3-11,16-17H,12-15,18-19H2,1-2H3. The van der Waals surface area contributed by atoms with Crippen LogP contribution in [0, 0.1) is 6.92 Å². The minimum Gasteiger partial charge on any atom is -0.493 e. The first-order chi connectivity index (χ1) is 16.0. The quantitative estimate of drug-likeness (QED) is 0.361. The van der Waals surface area contributed by atoms with Crippen LogP contribution in [0.2, 0.25) is 0 Å². The number of hydrogen-bond donors (Lipinski definition) is 0. The maximum Gasteiger partial charge on any atom is 0.175 e. The third kappa shape index (κ3) is 6.14. The second-order valence-corrected chi connectivity index (χ2v) is 9.56. The van der Waals surface area contributed by atoms with Gasteiger partial charge in [-0.15, -0.1) is 0 Å². The highest BCUT2D eigenvalue weighted by Gasteiger charge is 2.22. The molecule has 3 aromatic carbocycles. The van der Waals surface area contributed by atoms with Crippen molar-refractivity contribution in [1.29, 1.82) is 0 Å². The summed E-state index contributed by atoms with van der Waals surface area (Å²) in [7, 11) is 1.66. The molecule has 0 aliphatic carbocycles. The highest BCUT2D eigenvalue weighted by molar-refractivity contribution is 9.10. The summed E-state index contributed by atoms with van der Waals surface area (Å²) in [5.74, 6) is 1.37. The zero-order valence-electron chi connectivity index (χ0n) is 19.1. The van der Waals surface area contributed by atoms with E-state index in [9.17, 15) is 0 Å². The van der Waals surface area contributed by atoms with Crippen LogP contribution in [0.4, 0.5) is 0 Å². The topological polar surface area (TPSA) is 24.9 Å². The number of nitrogens with zero attached hydrogens (tertiary/aromatic N) is 2. The summed E-state index contributed by atoms with van der Waals surface area (Å²) in [6, 6.07) is 23.0. The van der Waals surface area contributed by atoms with Gasteiger partial charge in [0, 0.05) is 38.3 Å². The molecule has 172 valence electrons. The summed E-state index contributed by atoms with van der Waals surface area (Å²) in [4.78, 5) is 5.61. The van der Waals surface area contributed by atoms with Crippen molar-refractivity contribution < 1.29 is 9.47 Å². The Labute approximate surface area is 210 Å². The zero-order valence-corrected chi connectivity index (χ0v) is 21.5. The average Bonchev–Trinajstić information content (AvgIpc) is 2.84. The molecule has 33 heavy (non-hydrogen) atoms. The Morgan fingerprint density at radius 1 is 0.939 bits per heavy atom. The third-order valence-corrected chi connectivity index (χ3v) is 6.97. The molecule has 6 heteroatoms. The summed E-state index contributed by atoms with van der Waals surface area (Å²) >= 11 is 9.53. The Kier molecular flexibility index (Phi) is 8.02. The van der Waals surface area contributed by atoms with E-state index in [4.69, 9.17) is 21.7 Å². The third-order valence-electron chi connectivity index (χ3n) is 5.89. The number of thiocarbonyl (C=S) groups is 1. The Morgan fingerprint density at radius 2 is 1.64 bits per heavy atom. The van der Waals surface area contributed by atoms with Crippen molar-refractivity contribution in [2.45, 2.75) is 20.1 Å². The molecular weight excluding hydrogens is 496 g/mol. The van der Waals surface area contributed by atoms with Gasteiger partial charge in [-0.1, -0.05) is 72.4 Å². The lowest BCUT2D eigenvalue weighted by molar-refractivity contribution is 0.177. The number of halogens is 1. The van der Waals surface area contributed by atoms with Crippen molar-refractivity contribution in [2.75, 3.05) is 33.3 Å². The first-order valence-corrected chi connectivity index (χ1v) is 12.3. The lowest BCUT2D eigenvalue weighted by Crippen LogP contribution is -2.48. The molecule has 0 amide bonds. The van der Waals surface area contributed by atoms with Crippen molar-refractivity contribution in [1.82, 2.24) is 9.80 Å². The summed E-state index contributed by atoms with van der Waals surface area (Å²) in [6.45, 7) is 7.34. The van der Waals surface area contributed by atoms with Crippen LogP contribution in [0.25, 0.3) is 0 Å². The smallest absolute Gasteiger partial charge is 0.175 e. The van der Waals surface area contributed by atoms with Crippen LogP contribution < -0.4 is 9.47 Å². The van der Waals surface area contributed by atoms with Gasteiger partial charge >= 0.3 is 0 Å². The fourth-order valence-electron chi connectivity index (χ4n) is 3.96. The van der Waals surface area contributed by atoms with Gasteiger partial charge in [-0.25, -0.2) is 0 Å². The molecule has 1 fully saturated rings. The van der Waals surface area contributed by atoms with Crippen LogP contribution in [0.5, 0.6) is 11.5 Å². The number of aryl methyl sites for hydroxylation is 1. The zero-order chi connectivity index (χ0) is 23.2. The van der Waals surface area contributed by atoms with E-state index < -0.39 is 0 Å². The average molecular weight is 526 g/mol. The predicted octanol–water partition coefficient (Wildman–Crippen LogP) is 5.84. The molecule has 3 aromatic rings. The summed E-state index contributed by atoms with van der Waals surface area (Å²) in [6.07, 6.45) is 0. The molecule has 4 nitrogen and oxygen atoms in total. The monoisotopic (exact) mass is 524 g/mol. The molecule has 1 saturated heterocycles. The van der Waals surface area contributed by atoms with Crippen LogP contribution in [-0.2, 0) is 13.2 Å². The Bertz CT molecular complexity index is 1080. The highest BCUT2D eigenvalue weighted by atomic mass is 79.9. The Hall–Kier alpha value is -2.41. The predicted molar refractivity (Wildman–Crippen MR) is 141 cm³/mol. The van der Waals surface area contributed by atoms with Crippen LogP contribution in [-0.4, -0.2) is 48.1 Å². The molecule has 0 radical (unpaired) electrons. The minimum absolute atomic E-state index is 0.475. The Balaban J connectivity index is 1.39. The van der Waals surface area contributed by atoms with Crippen LogP contribution >= 0.6 is 28.1 Å². The lowest BCUT2D eigenvalue weighted by atomic mass is 10.1. The maximum absolute atomic E-state index is 6.10. The molecule has 0 bridgehead atoms. The van der Waals surface area contributed by atoms with E-state index in [-0.39, 0.29) is 0 Å². The second kappa shape index (κ2) is 11.1. The van der Waals surface area contributed by atoms with E-state index in [0.717, 1.165) is 53.3 Å². The van der Waals surface area contributed by atoms with Gasteiger partial charge in [0.15, 0.2) is 11.5 Å². The van der Waals surface area contributed by atoms with Gasteiger partial charge in [-0.05, 0) is 46.1 Å². The van der Waals surface area contributed by atoms with Gasteiger partial charge in [0.2, 0.25) is 0 Å². The molecule has 1 aliphatic heterocycles. The van der Waals surface area contributed by atoms with E-state index >= 15 is 0 Å². The van der Waals surface area contributed by atoms with E-state index in [2.05, 4.69) is 87.3 Å². The molecule has 0 N–H and O–H groups in total. The van der Waals surface area contributed by atoms with Crippen molar-refractivity contribution in [2.24, 2.45) is 0 Å². The number of hydrogen-bond acceptors (Lipinski definition) is 4. The van der Waals surface area contributed by atoms with Crippen molar-refractivity contribution in [3.05, 3.63) is 93.5 Å². The lowest BCUT2D eigenvalue weighted by Gasteiger charge is -2.36. The molecule has 0 saturated carbocycles. The maximum atomic E-state index is 6.10.